The number of hydrogen-bond donors (Lipinski definition) is 0. The van der Waals surface area contributed by atoms with Crippen LogP contribution in [0, 0.1) is 12.1 Å². The summed E-state index contributed by atoms with van der Waals surface area (Å²) in [7, 11) is 4.64. The largest absolute Gasteiger partial charge is 0.305 e. The topological polar surface area (TPSA) is 38.7 Å². The van der Waals surface area contributed by atoms with Gasteiger partial charge in [-0.3, -0.25) is 9.97 Å². The molecule has 3 aromatic heterocycles. The fourth-order valence-corrected chi connectivity index (χ4v) is 2.87. The van der Waals surface area contributed by atoms with Crippen LogP contribution in [0.3, 0.4) is 0 Å². The first kappa shape index (κ1) is 23.5. The summed E-state index contributed by atoms with van der Waals surface area (Å²) in [6, 6.07) is 39.6. The maximum Gasteiger partial charge on any atom is 0.0876 e. The second kappa shape index (κ2) is 13.3. The quantitative estimate of drug-likeness (QED) is 0.209. The molecule has 2 aromatic carbocycles. The number of nitrogens with zero attached hydrogens (tertiary/aromatic N) is 3. The Labute approximate surface area is 203 Å². The van der Waals surface area contributed by atoms with Crippen LogP contribution in [-0.2, 0) is 17.9 Å². The fourth-order valence-electron chi connectivity index (χ4n) is 2.87. The van der Waals surface area contributed by atoms with Gasteiger partial charge in [0.15, 0.2) is 0 Å². The summed E-state index contributed by atoms with van der Waals surface area (Å²) in [6.07, 6.45) is 3.56. The first-order chi connectivity index (χ1) is 15.9. The van der Waals surface area contributed by atoms with Crippen molar-refractivity contribution >= 4 is 9.58 Å². The van der Waals surface area contributed by atoms with Crippen molar-refractivity contribution in [3.63, 3.8) is 0 Å². The van der Waals surface area contributed by atoms with Crippen LogP contribution < -0.4 is 0 Å². The number of aromatic nitrogens is 3. The van der Waals surface area contributed by atoms with E-state index in [1.807, 2.05) is 103 Å². The smallest absolute Gasteiger partial charge is 0.0876 e. The van der Waals surface area contributed by atoms with Gasteiger partial charge >= 0.3 is 27.5 Å². The Kier molecular flexibility index (Phi) is 9.75. The summed E-state index contributed by atoms with van der Waals surface area (Å²) >= 11 is 1.47. The average Bonchev–Trinajstić information content (AvgIpc) is 2.92. The second-order valence-corrected chi connectivity index (χ2v) is 6.39. The van der Waals surface area contributed by atoms with Crippen molar-refractivity contribution in [2.75, 3.05) is 0 Å². The summed E-state index contributed by atoms with van der Waals surface area (Å²) in [6.45, 7) is 0. The van der Waals surface area contributed by atoms with Gasteiger partial charge in [-0.2, -0.15) is 0 Å². The van der Waals surface area contributed by atoms with Crippen molar-refractivity contribution in [2.24, 2.45) is 0 Å². The van der Waals surface area contributed by atoms with Crippen molar-refractivity contribution < 1.29 is 17.9 Å². The molecule has 0 atom stereocenters. The standard InChI is InChI=1S/C16H11N2.C11H8N.ClH.Ir/c1-2-7-13(8-3-1)14-10-6-11-16(18-14)15-9-4-5-12-17-15;1-2-6-10(7-3-1)11-8-4-5-9-12-11;;/h1-7,9-12H;1-6,8-9H;1H;/q2*-1;;+3/p-1. The Hall–Kier alpha value is -3.17. The maximum absolute atomic E-state index is 4.64. The first-order valence-electron chi connectivity index (χ1n) is 9.76. The van der Waals surface area contributed by atoms with Crippen LogP contribution in [0.5, 0.6) is 0 Å². The van der Waals surface area contributed by atoms with Crippen molar-refractivity contribution in [2.45, 2.75) is 0 Å². The molecule has 158 valence electrons. The third kappa shape index (κ3) is 6.93. The summed E-state index contributed by atoms with van der Waals surface area (Å²) in [5.41, 5.74) is 5.69. The maximum atomic E-state index is 4.64. The Morgan fingerprint density at radius 3 is 1.53 bits per heavy atom. The minimum absolute atomic E-state index is 0.880. The number of halogens is 1. The summed E-state index contributed by atoms with van der Waals surface area (Å²) in [5.74, 6) is 0. The molecule has 5 rings (SSSR count). The SMILES string of the molecule is [Cl][Ir+2].[c-]1ccccc1-c1cccc(-c2ccccn2)n1.[c-]1ccccc1-c1ccccn1. The Morgan fingerprint density at radius 2 is 1.00 bits per heavy atom. The minimum Gasteiger partial charge on any atom is -0.305 e. The molecule has 5 aromatic rings. The van der Waals surface area contributed by atoms with Crippen LogP contribution in [0.25, 0.3) is 33.9 Å². The molecule has 0 amide bonds. The zero-order valence-electron chi connectivity index (χ0n) is 17.0. The van der Waals surface area contributed by atoms with Crippen LogP contribution in [-0.4, -0.2) is 15.0 Å². The van der Waals surface area contributed by atoms with E-state index in [1.165, 1.54) is 17.9 Å². The number of rotatable bonds is 3. The van der Waals surface area contributed by atoms with Gasteiger partial charge in [-0.1, -0.05) is 30.3 Å². The van der Waals surface area contributed by atoms with E-state index in [2.05, 4.69) is 36.7 Å². The molecule has 0 fully saturated rings. The number of hydrogen-bond acceptors (Lipinski definition) is 3. The molecule has 0 unspecified atom stereocenters. The van der Waals surface area contributed by atoms with Crippen LogP contribution in [0.4, 0.5) is 0 Å². The molecule has 32 heavy (non-hydrogen) atoms. The van der Waals surface area contributed by atoms with E-state index in [4.69, 9.17) is 0 Å². The van der Waals surface area contributed by atoms with Crippen LogP contribution in [0.15, 0.2) is 116 Å². The molecular weight excluding hydrogens is 594 g/mol. The van der Waals surface area contributed by atoms with E-state index in [9.17, 15) is 0 Å². The van der Waals surface area contributed by atoms with Crippen molar-refractivity contribution in [3.05, 3.63) is 128 Å². The van der Waals surface area contributed by atoms with Crippen molar-refractivity contribution in [1.82, 2.24) is 15.0 Å². The molecule has 0 aliphatic carbocycles. The van der Waals surface area contributed by atoms with Gasteiger partial charge in [-0.05, 0) is 35.7 Å². The third-order valence-corrected chi connectivity index (χ3v) is 4.31. The van der Waals surface area contributed by atoms with Gasteiger partial charge in [0.25, 0.3) is 0 Å². The van der Waals surface area contributed by atoms with Crippen LogP contribution in [0.1, 0.15) is 0 Å². The Balaban J connectivity index is 0.000000180. The average molecular weight is 613 g/mol. The molecule has 0 saturated heterocycles. The zero-order chi connectivity index (χ0) is 22.4. The van der Waals surface area contributed by atoms with Crippen molar-refractivity contribution in [3.8, 4) is 33.9 Å². The van der Waals surface area contributed by atoms with Gasteiger partial charge in [0.2, 0.25) is 0 Å². The molecule has 3 heterocycles. The van der Waals surface area contributed by atoms with E-state index in [-0.39, 0.29) is 0 Å². The molecule has 0 aliphatic rings. The fraction of sp³-hybridized carbons (Fsp3) is 0. The van der Waals surface area contributed by atoms with E-state index in [1.54, 1.807) is 12.4 Å². The predicted molar refractivity (Wildman–Crippen MR) is 126 cm³/mol. The second-order valence-electron chi connectivity index (χ2n) is 6.39. The molecule has 0 N–H and O–H groups in total. The molecular formula is C27H19ClIrN3. The monoisotopic (exact) mass is 613 g/mol. The van der Waals surface area contributed by atoms with Gasteiger partial charge in [-0.15, -0.1) is 71.8 Å². The van der Waals surface area contributed by atoms with E-state index in [0.717, 1.165) is 33.9 Å². The molecule has 0 radical (unpaired) electrons. The normalized spacial score (nSPS) is 9.56. The Morgan fingerprint density at radius 1 is 0.500 bits per heavy atom. The summed E-state index contributed by atoms with van der Waals surface area (Å²) in [4.78, 5) is 13.1. The molecule has 3 nitrogen and oxygen atoms in total. The molecule has 0 aliphatic heterocycles. The molecule has 5 heteroatoms. The Bertz CT molecular complexity index is 1080. The zero-order valence-corrected chi connectivity index (χ0v) is 20.2. The number of benzene rings is 2. The summed E-state index contributed by atoms with van der Waals surface area (Å²) < 4.78 is 0. The van der Waals surface area contributed by atoms with Gasteiger partial charge < -0.3 is 4.98 Å². The molecule has 0 spiro atoms. The van der Waals surface area contributed by atoms with Crippen molar-refractivity contribution in [1.29, 1.82) is 0 Å². The van der Waals surface area contributed by atoms with E-state index >= 15 is 0 Å². The molecule has 0 bridgehead atoms. The van der Waals surface area contributed by atoms with Crippen LogP contribution in [0.2, 0.25) is 0 Å². The van der Waals surface area contributed by atoms with Gasteiger partial charge in [0.1, 0.15) is 0 Å². The predicted octanol–water partition coefficient (Wildman–Crippen LogP) is 6.85. The van der Waals surface area contributed by atoms with Gasteiger partial charge in [-0.25, -0.2) is 0 Å². The van der Waals surface area contributed by atoms with E-state index < -0.39 is 0 Å². The van der Waals surface area contributed by atoms with Crippen LogP contribution >= 0.6 is 9.58 Å². The van der Waals surface area contributed by atoms with Gasteiger partial charge in [0.05, 0.1) is 11.4 Å². The first-order valence-corrected chi connectivity index (χ1v) is 12.7. The van der Waals surface area contributed by atoms with E-state index in [0.29, 0.717) is 0 Å². The molecule has 0 saturated carbocycles. The number of pyridine rings is 3. The summed E-state index contributed by atoms with van der Waals surface area (Å²) in [5, 5.41) is 0. The third-order valence-electron chi connectivity index (χ3n) is 4.31. The minimum atomic E-state index is 0.880. The van der Waals surface area contributed by atoms with Gasteiger partial charge in [0, 0.05) is 12.4 Å².